The third-order valence-electron chi connectivity index (χ3n) is 5.27. The van der Waals surface area contributed by atoms with Gasteiger partial charge in [0.05, 0.1) is 18.2 Å². The second-order valence-corrected chi connectivity index (χ2v) is 8.36. The summed E-state index contributed by atoms with van der Waals surface area (Å²) in [4.78, 5) is 18.7. The minimum absolute atomic E-state index is 0.0287. The summed E-state index contributed by atoms with van der Waals surface area (Å²) in [7, 11) is 1.62. The number of hydrogen-bond donors (Lipinski definition) is 2. The summed E-state index contributed by atoms with van der Waals surface area (Å²) in [5.74, 6) is 0.704. The maximum atomic E-state index is 12.8. The van der Waals surface area contributed by atoms with Crippen LogP contribution in [0.1, 0.15) is 45.4 Å². The normalized spacial score (nSPS) is 18.4. The van der Waals surface area contributed by atoms with Gasteiger partial charge < -0.3 is 15.4 Å². The summed E-state index contributed by atoms with van der Waals surface area (Å²) in [5.41, 5.74) is 3.57. The average Bonchev–Trinajstić information content (AvgIpc) is 3.05. The van der Waals surface area contributed by atoms with Crippen LogP contribution in [-0.2, 0) is 12.8 Å². The minimum Gasteiger partial charge on any atom is -0.497 e. The number of ether oxygens (including phenoxy) is 1. The number of aryl methyl sites for hydroxylation is 1. The van der Waals surface area contributed by atoms with Crippen molar-refractivity contribution in [3.63, 3.8) is 0 Å². The van der Waals surface area contributed by atoms with Gasteiger partial charge in [-0.3, -0.25) is 4.79 Å². The molecule has 1 aromatic carbocycles. The SMILES string of the molecule is COc1ccc2cc([C@H]3NC(=O)c4c(sc5c4CCCC5)N3)c(Cl)nc2c1. The highest BCUT2D eigenvalue weighted by Crippen LogP contribution is 2.42. The molecule has 3 heterocycles. The number of nitrogens with one attached hydrogen (secondary N) is 2. The van der Waals surface area contributed by atoms with Crippen molar-refractivity contribution < 1.29 is 9.53 Å². The molecule has 0 saturated heterocycles. The molecule has 0 radical (unpaired) electrons. The number of halogens is 1. The Bertz CT molecular complexity index is 1080. The van der Waals surface area contributed by atoms with Gasteiger partial charge in [0.1, 0.15) is 22.1 Å². The van der Waals surface area contributed by atoms with Crippen LogP contribution in [0.3, 0.4) is 0 Å². The van der Waals surface area contributed by atoms with E-state index in [2.05, 4.69) is 15.6 Å². The monoisotopic (exact) mass is 399 g/mol. The fourth-order valence-electron chi connectivity index (χ4n) is 3.90. The van der Waals surface area contributed by atoms with Crippen molar-refractivity contribution >= 4 is 44.7 Å². The van der Waals surface area contributed by atoms with Crippen molar-refractivity contribution in [3.05, 3.63) is 51.0 Å². The standard InChI is InChI=1S/C20H18ClN3O2S/c1-26-11-7-6-10-8-13(17(21)22-14(10)9-11)18-23-19(25)16-12-4-2-3-5-15(12)27-20(16)24-18/h6-9,18,24H,2-5H2,1H3,(H,23,25)/t18-/m0/s1. The van der Waals surface area contributed by atoms with E-state index in [9.17, 15) is 4.79 Å². The molecule has 138 valence electrons. The summed E-state index contributed by atoms with van der Waals surface area (Å²) in [6, 6.07) is 7.66. The smallest absolute Gasteiger partial charge is 0.256 e. The first kappa shape index (κ1) is 16.8. The number of benzene rings is 1. The topological polar surface area (TPSA) is 63.2 Å². The van der Waals surface area contributed by atoms with E-state index >= 15 is 0 Å². The molecule has 7 heteroatoms. The summed E-state index contributed by atoms with van der Waals surface area (Å²) in [6.07, 6.45) is 4.00. The third kappa shape index (κ3) is 2.75. The maximum absolute atomic E-state index is 12.8. The second kappa shape index (κ2) is 6.39. The summed E-state index contributed by atoms with van der Waals surface area (Å²) < 4.78 is 5.25. The number of amides is 1. The Labute approximate surface area is 165 Å². The van der Waals surface area contributed by atoms with Crippen LogP contribution in [0.25, 0.3) is 10.9 Å². The molecule has 2 N–H and O–H groups in total. The Morgan fingerprint density at radius 1 is 1.22 bits per heavy atom. The van der Waals surface area contributed by atoms with Gasteiger partial charge in [0.25, 0.3) is 5.91 Å². The van der Waals surface area contributed by atoms with Gasteiger partial charge in [0, 0.05) is 21.9 Å². The lowest BCUT2D eigenvalue weighted by Crippen LogP contribution is -2.38. The van der Waals surface area contributed by atoms with Crippen LogP contribution in [-0.4, -0.2) is 18.0 Å². The van der Waals surface area contributed by atoms with Crippen LogP contribution in [0.2, 0.25) is 5.15 Å². The minimum atomic E-state index is -0.392. The summed E-state index contributed by atoms with van der Waals surface area (Å²) >= 11 is 8.17. The van der Waals surface area contributed by atoms with Gasteiger partial charge in [-0.05, 0) is 49.4 Å². The number of fused-ring (bicyclic) bond motifs is 4. The van der Waals surface area contributed by atoms with Crippen LogP contribution >= 0.6 is 22.9 Å². The lowest BCUT2D eigenvalue weighted by Gasteiger charge is -2.27. The Balaban J connectivity index is 1.55. The molecule has 1 amide bonds. The molecule has 5 rings (SSSR count). The Morgan fingerprint density at radius 2 is 2.07 bits per heavy atom. The molecule has 3 aromatic rings. The number of aromatic nitrogens is 1. The molecule has 0 saturated carbocycles. The zero-order chi connectivity index (χ0) is 18.5. The van der Waals surface area contributed by atoms with Crippen molar-refractivity contribution in [2.45, 2.75) is 31.8 Å². The van der Waals surface area contributed by atoms with Crippen LogP contribution in [0, 0.1) is 0 Å². The van der Waals surface area contributed by atoms with Crippen LogP contribution in [0.15, 0.2) is 24.3 Å². The zero-order valence-corrected chi connectivity index (χ0v) is 16.3. The Morgan fingerprint density at radius 3 is 2.93 bits per heavy atom. The van der Waals surface area contributed by atoms with Crippen molar-refractivity contribution in [2.75, 3.05) is 12.4 Å². The molecule has 1 atom stereocenters. The van der Waals surface area contributed by atoms with E-state index in [1.165, 1.54) is 16.9 Å². The summed E-state index contributed by atoms with van der Waals surface area (Å²) in [6.45, 7) is 0. The van der Waals surface area contributed by atoms with Crippen molar-refractivity contribution in [1.29, 1.82) is 0 Å². The van der Waals surface area contributed by atoms with E-state index in [-0.39, 0.29) is 5.91 Å². The van der Waals surface area contributed by atoms with Crippen molar-refractivity contribution in [1.82, 2.24) is 10.3 Å². The van der Waals surface area contributed by atoms with Gasteiger partial charge in [-0.1, -0.05) is 11.6 Å². The second-order valence-electron chi connectivity index (χ2n) is 6.89. The molecule has 0 fully saturated rings. The van der Waals surface area contributed by atoms with E-state index in [0.717, 1.165) is 52.0 Å². The molecule has 0 unspecified atom stereocenters. The number of carbonyl (C=O) groups is 1. The van der Waals surface area contributed by atoms with Crippen LogP contribution < -0.4 is 15.4 Å². The quantitative estimate of drug-likeness (QED) is 0.613. The van der Waals surface area contributed by atoms with Gasteiger partial charge in [0.2, 0.25) is 0 Å². The van der Waals surface area contributed by atoms with Gasteiger partial charge in [-0.25, -0.2) is 4.98 Å². The first-order chi connectivity index (χ1) is 13.1. The molecular formula is C20H18ClN3O2S. The van der Waals surface area contributed by atoms with Crippen molar-refractivity contribution in [2.24, 2.45) is 0 Å². The number of hydrogen-bond acceptors (Lipinski definition) is 5. The van der Waals surface area contributed by atoms with E-state index in [0.29, 0.717) is 5.15 Å². The lowest BCUT2D eigenvalue weighted by molar-refractivity contribution is 0.0935. The lowest BCUT2D eigenvalue weighted by atomic mass is 9.94. The number of thiophene rings is 1. The van der Waals surface area contributed by atoms with Crippen molar-refractivity contribution in [3.8, 4) is 5.75 Å². The number of anilines is 1. The van der Waals surface area contributed by atoms with Crippen LogP contribution in [0.5, 0.6) is 5.75 Å². The van der Waals surface area contributed by atoms with Gasteiger partial charge >= 0.3 is 0 Å². The Kier molecular flexibility index (Phi) is 3.98. The number of methoxy groups -OCH3 is 1. The highest BCUT2D eigenvalue weighted by molar-refractivity contribution is 7.16. The molecular weight excluding hydrogens is 382 g/mol. The summed E-state index contributed by atoms with van der Waals surface area (Å²) in [5, 5.41) is 8.79. The average molecular weight is 400 g/mol. The first-order valence-corrected chi connectivity index (χ1v) is 10.2. The maximum Gasteiger partial charge on any atom is 0.256 e. The zero-order valence-electron chi connectivity index (χ0n) is 14.8. The largest absolute Gasteiger partial charge is 0.497 e. The van der Waals surface area contributed by atoms with E-state index in [4.69, 9.17) is 16.3 Å². The molecule has 2 aliphatic rings. The van der Waals surface area contributed by atoms with Gasteiger partial charge in [-0.15, -0.1) is 11.3 Å². The predicted octanol–water partition coefficient (Wildman–Crippen LogP) is 4.69. The molecule has 1 aliphatic heterocycles. The number of pyridine rings is 1. The van der Waals surface area contributed by atoms with Gasteiger partial charge in [-0.2, -0.15) is 0 Å². The third-order valence-corrected chi connectivity index (χ3v) is 6.79. The molecule has 1 aliphatic carbocycles. The number of rotatable bonds is 2. The van der Waals surface area contributed by atoms with E-state index < -0.39 is 6.17 Å². The number of nitrogens with zero attached hydrogens (tertiary/aromatic N) is 1. The molecule has 5 nitrogen and oxygen atoms in total. The molecule has 0 spiro atoms. The highest BCUT2D eigenvalue weighted by Gasteiger charge is 2.33. The Hall–Kier alpha value is -2.31. The number of carbonyl (C=O) groups excluding carboxylic acids is 1. The fraction of sp³-hybridized carbons (Fsp3) is 0.300. The van der Waals surface area contributed by atoms with E-state index in [1.54, 1.807) is 18.4 Å². The first-order valence-electron chi connectivity index (χ1n) is 9.00. The van der Waals surface area contributed by atoms with Gasteiger partial charge in [0.15, 0.2) is 0 Å². The predicted molar refractivity (Wildman–Crippen MR) is 108 cm³/mol. The highest BCUT2D eigenvalue weighted by atomic mass is 35.5. The molecule has 27 heavy (non-hydrogen) atoms. The molecule has 2 aromatic heterocycles. The van der Waals surface area contributed by atoms with E-state index in [1.807, 2.05) is 24.3 Å². The molecule has 0 bridgehead atoms. The van der Waals surface area contributed by atoms with Crippen LogP contribution in [0.4, 0.5) is 5.00 Å². The fourth-order valence-corrected chi connectivity index (χ4v) is 5.47.